The van der Waals surface area contributed by atoms with Gasteiger partial charge in [-0.2, -0.15) is 5.10 Å². The van der Waals surface area contributed by atoms with E-state index in [4.69, 9.17) is 5.73 Å². The Morgan fingerprint density at radius 3 is 3.00 bits per heavy atom. The van der Waals surface area contributed by atoms with Gasteiger partial charge in [-0.25, -0.2) is 0 Å². The molecule has 1 amide bonds. The van der Waals surface area contributed by atoms with Crippen molar-refractivity contribution in [1.82, 2.24) is 9.78 Å². The minimum Gasteiger partial charge on any atom is -0.380 e. The number of carbonyl (C=O) groups excluding carboxylic acids is 1. The average Bonchev–Trinajstić information content (AvgIpc) is 2.79. The highest BCUT2D eigenvalue weighted by atomic mass is 79.9. The zero-order valence-electron chi connectivity index (χ0n) is 11.5. The quantitative estimate of drug-likeness (QED) is 0.871. The lowest BCUT2D eigenvalue weighted by molar-refractivity contribution is -0.118. The molecule has 0 unspecified atom stereocenters. The van der Waals surface area contributed by atoms with Crippen molar-refractivity contribution < 1.29 is 4.79 Å². The van der Waals surface area contributed by atoms with Crippen LogP contribution in [0, 0.1) is 0 Å². The van der Waals surface area contributed by atoms with Gasteiger partial charge in [-0.15, -0.1) is 0 Å². The maximum absolute atomic E-state index is 10.8. The molecule has 1 saturated carbocycles. The Hall–Kier alpha value is -1.82. The summed E-state index contributed by atoms with van der Waals surface area (Å²) in [6.07, 6.45) is 5.77. The molecule has 1 aromatic carbocycles. The zero-order chi connectivity index (χ0) is 14.8. The van der Waals surface area contributed by atoms with Crippen LogP contribution in [0.15, 0.2) is 41.1 Å². The number of amides is 1. The second-order valence-electron chi connectivity index (χ2n) is 5.46. The summed E-state index contributed by atoms with van der Waals surface area (Å²) < 4.78 is 2.68. The summed E-state index contributed by atoms with van der Waals surface area (Å²) in [5.74, 6) is 0.226. The number of carbonyl (C=O) groups is 1. The standard InChI is InChI=1S/C15H17BrN4O/c16-12-3-1-2-10(4-12)11-5-13(6-11)19-14-7-18-20(8-14)9-15(17)21/h1-4,7-8,11,13,19H,5-6,9H2,(H2,17,21). The Morgan fingerprint density at radius 1 is 1.48 bits per heavy atom. The summed E-state index contributed by atoms with van der Waals surface area (Å²) in [6, 6.07) is 8.95. The van der Waals surface area contributed by atoms with E-state index in [0.29, 0.717) is 12.0 Å². The van der Waals surface area contributed by atoms with E-state index in [1.165, 1.54) is 5.56 Å². The van der Waals surface area contributed by atoms with Gasteiger partial charge in [0.05, 0.1) is 11.9 Å². The summed E-state index contributed by atoms with van der Waals surface area (Å²) >= 11 is 3.51. The molecule has 21 heavy (non-hydrogen) atoms. The third kappa shape index (κ3) is 3.44. The molecule has 0 atom stereocenters. The maximum Gasteiger partial charge on any atom is 0.239 e. The van der Waals surface area contributed by atoms with Crippen molar-refractivity contribution in [2.75, 3.05) is 5.32 Å². The van der Waals surface area contributed by atoms with Crippen molar-refractivity contribution in [2.24, 2.45) is 5.73 Å². The summed E-state index contributed by atoms with van der Waals surface area (Å²) in [5.41, 5.74) is 7.46. The van der Waals surface area contributed by atoms with Crippen LogP contribution in [-0.2, 0) is 11.3 Å². The van der Waals surface area contributed by atoms with Crippen molar-refractivity contribution in [3.63, 3.8) is 0 Å². The third-order valence-electron chi connectivity index (χ3n) is 3.78. The van der Waals surface area contributed by atoms with Gasteiger partial charge in [0.2, 0.25) is 5.91 Å². The highest BCUT2D eigenvalue weighted by molar-refractivity contribution is 9.10. The van der Waals surface area contributed by atoms with Crippen LogP contribution >= 0.6 is 15.9 Å². The minimum absolute atomic E-state index is 0.118. The number of nitrogens with one attached hydrogen (secondary N) is 1. The molecule has 1 aromatic heterocycles. The number of rotatable bonds is 5. The van der Waals surface area contributed by atoms with Gasteiger partial charge in [0.1, 0.15) is 6.54 Å². The first-order chi connectivity index (χ1) is 10.1. The fourth-order valence-corrected chi connectivity index (χ4v) is 3.11. The van der Waals surface area contributed by atoms with E-state index in [1.807, 2.05) is 12.3 Å². The normalized spacial score (nSPS) is 20.8. The number of hydrogen-bond donors (Lipinski definition) is 2. The van der Waals surface area contributed by atoms with Gasteiger partial charge >= 0.3 is 0 Å². The molecule has 3 N–H and O–H groups in total. The van der Waals surface area contributed by atoms with Crippen LogP contribution in [0.5, 0.6) is 0 Å². The lowest BCUT2D eigenvalue weighted by atomic mass is 9.76. The van der Waals surface area contributed by atoms with Crippen molar-refractivity contribution in [2.45, 2.75) is 31.3 Å². The number of nitrogens with two attached hydrogens (primary N) is 1. The van der Waals surface area contributed by atoms with Gasteiger partial charge in [-0.1, -0.05) is 28.1 Å². The summed E-state index contributed by atoms with van der Waals surface area (Å²) in [5, 5.41) is 7.54. The molecule has 1 aliphatic carbocycles. The Bertz CT molecular complexity index is 649. The average molecular weight is 349 g/mol. The predicted molar refractivity (Wildman–Crippen MR) is 84.9 cm³/mol. The molecule has 0 radical (unpaired) electrons. The number of anilines is 1. The van der Waals surface area contributed by atoms with Crippen LogP contribution in [0.1, 0.15) is 24.3 Å². The van der Waals surface area contributed by atoms with E-state index >= 15 is 0 Å². The highest BCUT2D eigenvalue weighted by Crippen LogP contribution is 2.39. The third-order valence-corrected chi connectivity index (χ3v) is 4.27. The smallest absolute Gasteiger partial charge is 0.239 e. The van der Waals surface area contributed by atoms with Gasteiger partial charge in [0.15, 0.2) is 0 Å². The van der Waals surface area contributed by atoms with Crippen LogP contribution in [0.2, 0.25) is 0 Å². The Labute approximate surface area is 131 Å². The van der Waals surface area contributed by atoms with Crippen LogP contribution in [0.3, 0.4) is 0 Å². The first kappa shape index (κ1) is 14.1. The molecule has 2 aromatic rings. The SMILES string of the molecule is NC(=O)Cn1cc(NC2CC(c3cccc(Br)c3)C2)cn1. The summed E-state index contributed by atoms with van der Waals surface area (Å²) in [7, 11) is 0. The Kier molecular flexibility index (Phi) is 3.96. The molecule has 0 spiro atoms. The lowest BCUT2D eigenvalue weighted by Gasteiger charge is -2.36. The largest absolute Gasteiger partial charge is 0.380 e. The van der Waals surface area contributed by atoms with Gasteiger partial charge in [-0.3, -0.25) is 9.48 Å². The van der Waals surface area contributed by atoms with Gasteiger partial charge in [0, 0.05) is 16.7 Å². The van der Waals surface area contributed by atoms with Crippen LogP contribution in [0.4, 0.5) is 5.69 Å². The molecule has 5 nitrogen and oxygen atoms in total. The fourth-order valence-electron chi connectivity index (χ4n) is 2.69. The maximum atomic E-state index is 10.8. The second kappa shape index (κ2) is 5.89. The Balaban J connectivity index is 1.53. The predicted octanol–water partition coefficient (Wildman–Crippen LogP) is 2.49. The summed E-state index contributed by atoms with van der Waals surface area (Å²) in [6.45, 7) is 0.118. The number of hydrogen-bond acceptors (Lipinski definition) is 3. The Morgan fingerprint density at radius 2 is 2.29 bits per heavy atom. The molecule has 1 fully saturated rings. The van der Waals surface area contributed by atoms with E-state index in [9.17, 15) is 4.79 Å². The summed E-state index contributed by atoms with van der Waals surface area (Å²) in [4.78, 5) is 10.8. The van der Waals surface area contributed by atoms with Crippen molar-refractivity contribution in [3.05, 3.63) is 46.7 Å². The van der Waals surface area contributed by atoms with Crippen molar-refractivity contribution >= 4 is 27.5 Å². The zero-order valence-corrected chi connectivity index (χ0v) is 13.1. The molecule has 6 heteroatoms. The molecule has 0 bridgehead atoms. The van der Waals surface area contributed by atoms with Gasteiger partial charge < -0.3 is 11.1 Å². The van der Waals surface area contributed by atoms with Crippen LogP contribution in [0.25, 0.3) is 0 Å². The molecular weight excluding hydrogens is 332 g/mol. The molecular formula is C15H17BrN4O. The molecule has 0 saturated heterocycles. The first-order valence-corrected chi connectivity index (χ1v) is 7.72. The van der Waals surface area contributed by atoms with E-state index in [1.54, 1.807) is 10.9 Å². The number of nitrogens with zero attached hydrogens (tertiary/aromatic N) is 2. The lowest BCUT2D eigenvalue weighted by Crippen LogP contribution is -2.33. The highest BCUT2D eigenvalue weighted by Gasteiger charge is 2.30. The fraction of sp³-hybridized carbons (Fsp3) is 0.333. The van der Waals surface area contributed by atoms with Gasteiger partial charge in [0.25, 0.3) is 0 Å². The second-order valence-corrected chi connectivity index (χ2v) is 6.37. The molecule has 1 heterocycles. The van der Waals surface area contributed by atoms with Crippen molar-refractivity contribution in [3.8, 4) is 0 Å². The van der Waals surface area contributed by atoms with Crippen LogP contribution in [-0.4, -0.2) is 21.7 Å². The van der Waals surface area contributed by atoms with Crippen LogP contribution < -0.4 is 11.1 Å². The minimum atomic E-state index is -0.386. The van der Waals surface area contributed by atoms with E-state index in [-0.39, 0.29) is 12.5 Å². The molecule has 110 valence electrons. The molecule has 1 aliphatic rings. The van der Waals surface area contributed by atoms with E-state index in [0.717, 1.165) is 23.0 Å². The molecule has 0 aliphatic heterocycles. The van der Waals surface area contributed by atoms with E-state index < -0.39 is 0 Å². The number of benzene rings is 1. The number of primary amides is 1. The van der Waals surface area contributed by atoms with Gasteiger partial charge in [-0.05, 0) is 36.5 Å². The number of aromatic nitrogens is 2. The molecule has 3 rings (SSSR count). The van der Waals surface area contributed by atoms with Crippen molar-refractivity contribution in [1.29, 1.82) is 0 Å². The number of halogens is 1. The first-order valence-electron chi connectivity index (χ1n) is 6.93. The monoisotopic (exact) mass is 348 g/mol. The topological polar surface area (TPSA) is 72.9 Å². The van der Waals surface area contributed by atoms with E-state index in [2.05, 4.69) is 44.5 Å².